The summed E-state index contributed by atoms with van der Waals surface area (Å²) in [6, 6.07) is 0. The summed E-state index contributed by atoms with van der Waals surface area (Å²) in [6.07, 6.45) is 3.16. The zero-order chi connectivity index (χ0) is 46.0. The van der Waals surface area contributed by atoms with Crippen molar-refractivity contribution < 1.29 is 77.0 Å². The van der Waals surface area contributed by atoms with E-state index in [0.29, 0.717) is 37.1 Å². The second kappa shape index (κ2) is 21.7. The van der Waals surface area contributed by atoms with E-state index < -0.39 is 72.3 Å². The van der Waals surface area contributed by atoms with Crippen LogP contribution in [-0.2, 0) is 71.7 Å². The lowest BCUT2D eigenvalue weighted by atomic mass is 9.58. The summed E-state index contributed by atoms with van der Waals surface area (Å²) in [5.74, 6) is -2.64. The SMILES string of the molecule is C[C@@H]1[C@H](OC(=O)CSSCC(=O)OCC(CN(C)C)OC(=O)CSSCC(=O)O[C@H]2O[C@@H]3OC(C)(OO)CC[C@@H]4C3[C@@H](CC[C@H]4C)[C@H]2C)O[C@H]2OC3(C)CCC4[C@@H](C)CC[C@H]1[C@@]42OO3. The van der Waals surface area contributed by atoms with Gasteiger partial charge in [0, 0.05) is 43.1 Å². The maximum absolute atomic E-state index is 13.0. The summed E-state index contributed by atoms with van der Waals surface area (Å²) in [5.41, 5.74) is -0.747. The molecule has 8 fully saturated rings. The molecule has 1 N–H and O–H groups in total. The van der Waals surface area contributed by atoms with E-state index in [2.05, 4.69) is 13.8 Å². The molecule has 8 rings (SSSR count). The molecule has 21 heteroatoms. The number of hydrogen-bond donors (Lipinski definition) is 1. The van der Waals surface area contributed by atoms with Gasteiger partial charge in [0.05, 0.1) is 0 Å². The van der Waals surface area contributed by atoms with Gasteiger partial charge in [0.1, 0.15) is 35.7 Å². The second-order valence-corrected chi connectivity index (χ2v) is 24.4. The molecular formula is C43H67NO16S4. The van der Waals surface area contributed by atoms with Crippen LogP contribution in [0, 0.1) is 53.3 Å². The zero-order valence-corrected chi connectivity index (χ0v) is 41.4. The molecule has 17 atom stereocenters. The summed E-state index contributed by atoms with van der Waals surface area (Å²) in [4.78, 5) is 70.0. The lowest BCUT2D eigenvalue weighted by molar-refractivity contribution is -0.576. The minimum atomic E-state index is -1.21. The van der Waals surface area contributed by atoms with E-state index in [-0.39, 0.29) is 65.1 Å². The highest BCUT2D eigenvalue weighted by Crippen LogP contribution is 2.61. The Labute approximate surface area is 392 Å². The standard InChI is InChI=1S/C43H67NO16S4/c1-23-9-11-29-25(3)37(54-39-36(29)28(23)13-15-41(5,56-39)58-49)52-34(47)21-64-62-20-33(46)51-27(17-44(7)8)18-50-32(45)19-61-63-22-35(48)53-38-26(4)31-12-10-24(2)30-14-16-42(6)57-40(55-38)43(30,31)60-59-42/h23-31,36-40,49H,9-22H2,1-8H3/t23-,24+,25-,26+,27?,28+,29+,30?,31-,36?,37+,38-,39-,40+,41?,42?,43+/m1/s1. The van der Waals surface area contributed by atoms with Gasteiger partial charge < -0.3 is 42.8 Å². The molecule has 2 saturated carbocycles. The van der Waals surface area contributed by atoms with Gasteiger partial charge in [0.25, 0.3) is 0 Å². The van der Waals surface area contributed by atoms with Crippen LogP contribution in [0.1, 0.15) is 92.9 Å². The predicted molar refractivity (Wildman–Crippen MR) is 237 cm³/mol. The van der Waals surface area contributed by atoms with Crippen molar-refractivity contribution in [2.45, 2.75) is 141 Å². The fraction of sp³-hybridized carbons (Fsp3) is 0.907. The highest BCUT2D eigenvalue weighted by atomic mass is 33.1. The summed E-state index contributed by atoms with van der Waals surface area (Å²) in [6.45, 7) is 12.3. The largest absolute Gasteiger partial charge is 0.461 e. The first-order chi connectivity index (χ1) is 30.4. The molecule has 0 radical (unpaired) electrons. The van der Waals surface area contributed by atoms with Crippen molar-refractivity contribution in [1.29, 1.82) is 0 Å². The van der Waals surface area contributed by atoms with E-state index in [1.807, 2.05) is 39.8 Å². The van der Waals surface area contributed by atoms with E-state index in [1.54, 1.807) is 6.92 Å². The molecule has 2 aliphatic carbocycles. The third kappa shape index (κ3) is 11.5. The summed E-state index contributed by atoms with van der Waals surface area (Å²) < 4.78 is 47.9. The monoisotopic (exact) mass is 981 g/mol. The van der Waals surface area contributed by atoms with E-state index in [1.165, 1.54) is 21.6 Å². The van der Waals surface area contributed by atoms with Gasteiger partial charge >= 0.3 is 23.9 Å². The van der Waals surface area contributed by atoms with Crippen LogP contribution in [0.4, 0.5) is 0 Å². The van der Waals surface area contributed by atoms with E-state index in [4.69, 9.17) is 52.6 Å². The molecule has 17 nitrogen and oxygen atoms in total. The summed E-state index contributed by atoms with van der Waals surface area (Å²) in [5, 5.41) is 9.63. The number of carbonyl (C=O) groups is 4. The Kier molecular flexibility index (Phi) is 17.2. The first-order valence-electron chi connectivity index (χ1n) is 22.7. The highest BCUT2D eigenvalue weighted by Gasteiger charge is 2.70. The molecule has 6 saturated heterocycles. The molecule has 0 aromatic heterocycles. The van der Waals surface area contributed by atoms with Crippen LogP contribution in [-0.4, -0.2) is 133 Å². The van der Waals surface area contributed by atoms with E-state index in [9.17, 15) is 24.4 Å². The number of ether oxygens (including phenoxy) is 8. The number of likely N-dealkylation sites (N-methyl/N-ethyl adjacent to an activating group) is 1. The molecule has 364 valence electrons. The normalized spacial score (nSPS) is 41.7. The van der Waals surface area contributed by atoms with Crippen molar-refractivity contribution >= 4 is 67.1 Å². The Morgan fingerprint density at radius 3 is 2.02 bits per heavy atom. The van der Waals surface area contributed by atoms with Crippen LogP contribution in [0.25, 0.3) is 0 Å². The number of fused-ring (bicyclic) bond motifs is 2. The van der Waals surface area contributed by atoms with Gasteiger partial charge in [-0.1, -0.05) is 77.3 Å². The molecular weight excluding hydrogens is 915 g/mol. The van der Waals surface area contributed by atoms with Gasteiger partial charge in [-0.05, 0) is 89.6 Å². The van der Waals surface area contributed by atoms with E-state index >= 15 is 0 Å². The van der Waals surface area contributed by atoms with Crippen molar-refractivity contribution in [2.24, 2.45) is 53.3 Å². The van der Waals surface area contributed by atoms with Crippen molar-refractivity contribution in [2.75, 3.05) is 50.3 Å². The van der Waals surface area contributed by atoms with Crippen molar-refractivity contribution in [3.8, 4) is 0 Å². The zero-order valence-electron chi connectivity index (χ0n) is 38.1. The molecule has 2 bridgehead atoms. The lowest BCUT2D eigenvalue weighted by Gasteiger charge is -2.59. The van der Waals surface area contributed by atoms with Crippen molar-refractivity contribution in [3.05, 3.63) is 0 Å². The fourth-order valence-corrected chi connectivity index (χ4v) is 14.5. The molecule has 0 amide bonds. The van der Waals surface area contributed by atoms with Crippen LogP contribution in [0.15, 0.2) is 0 Å². The number of rotatable bonds is 18. The average Bonchev–Trinajstić information content (AvgIpc) is 3.56. The smallest absolute Gasteiger partial charge is 0.319 e. The summed E-state index contributed by atoms with van der Waals surface area (Å²) in [7, 11) is 8.29. The Morgan fingerprint density at radius 1 is 0.703 bits per heavy atom. The van der Waals surface area contributed by atoms with Gasteiger partial charge in [0.2, 0.25) is 24.2 Å². The van der Waals surface area contributed by atoms with Crippen LogP contribution >= 0.6 is 43.2 Å². The van der Waals surface area contributed by atoms with Crippen LogP contribution in [0.2, 0.25) is 0 Å². The molecule has 8 aliphatic rings. The first-order valence-corrected chi connectivity index (χ1v) is 27.7. The second-order valence-electron chi connectivity index (χ2n) is 19.4. The minimum absolute atomic E-state index is 0.0124. The number of esters is 4. The van der Waals surface area contributed by atoms with Gasteiger partial charge in [-0.25, -0.2) is 19.9 Å². The third-order valence-electron chi connectivity index (χ3n) is 14.6. The molecule has 1 spiro atoms. The number of carbonyl (C=O) groups excluding carboxylic acids is 4. The first kappa shape index (κ1) is 50.8. The predicted octanol–water partition coefficient (Wildman–Crippen LogP) is 6.67. The van der Waals surface area contributed by atoms with Crippen LogP contribution in [0.5, 0.6) is 0 Å². The van der Waals surface area contributed by atoms with Crippen molar-refractivity contribution in [3.63, 3.8) is 0 Å². The third-order valence-corrected chi connectivity index (χ3v) is 18.8. The Bertz CT molecular complexity index is 1650. The topological polar surface area (TPSA) is 193 Å². The maximum atomic E-state index is 13.0. The van der Waals surface area contributed by atoms with Crippen LogP contribution in [0.3, 0.4) is 0 Å². The number of hydrogen-bond acceptors (Lipinski definition) is 21. The van der Waals surface area contributed by atoms with Gasteiger partial charge in [-0.2, -0.15) is 0 Å². The minimum Gasteiger partial charge on any atom is -0.461 e. The molecule has 0 aromatic rings. The molecule has 64 heavy (non-hydrogen) atoms. The Morgan fingerprint density at radius 2 is 1.34 bits per heavy atom. The van der Waals surface area contributed by atoms with Gasteiger partial charge in [-0.3, -0.25) is 19.2 Å². The highest BCUT2D eigenvalue weighted by molar-refractivity contribution is 8.77. The number of nitrogens with zero attached hydrogens (tertiary/aromatic N) is 1. The fourth-order valence-electron chi connectivity index (χ4n) is 11.3. The van der Waals surface area contributed by atoms with E-state index in [0.717, 1.165) is 60.1 Å². The molecule has 0 aromatic carbocycles. The summed E-state index contributed by atoms with van der Waals surface area (Å²) >= 11 is 0. The molecule has 5 unspecified atom stereocenters. The molecule has 6 aliphatic heterocycles. The van der Waals surface area contributed by atoms with Gasteiger partial charge in [-0.15, -0.1) is 0 Å². The average molecular weight is 982 g/mol. The van der Waals surface area contributed by atoms with Gasteiger partial charge in [0.15, 0.2) is 18.2 Å². The Hall–Kier alpha value is -1.08. The Balaban J connectivity index is 0.782. The quantitative estimate of drug-likeness (QED) is 0.0382. The lowest BCUT2D eigenvalue weighted by Crippen LogP contribution is -2.70. The molecule has 6 heterocycles. The maximum Gasteiger partial charge on any atom is 0.319 e. The van der Waals surface area contributed by atoms with Crippen LogP contribution < -0.4 is 0 Å². The van der Waals surface area contributed by atoms with Crippen molar-refractivity contribution in [1.82, 2.24) is 4.90 Å².